The van der Waals surface area contributed by atoms with Crippen LogP contribution < -0.4 is 10.6 Å². The molecule has 0 aromatic heterocycles. The number of hydrogen-bond acceptors (Lipinski definition) is 2. The zero-order valence-electron chi connectivity index (χ0n) is 17.2. The van der Waals surface area contributed by atoms with E-state index in [1.54, 1.807) is 13.1 Å². The van der Waals surface area contributed by atoms with Gasteiger partial charge in [0, 0.05) is 39.6 Å². The highest BCUT2D eigenvalue weighted by Crippen LogP contribution is 2.17. The van der Waals surface area contributed by atoms with Crippen molar-refractivity contribution in [2.24, 2.45) is 4.99 Å². The van der Waals surface area contributed by atoms with Crippen molar-refractivity contribution < 1.29 is 9.18 Å². The Morgan fingerprint density at radius 1 is 1.14 bits per heavy atom. The summed E-state index contributed by atoms with van der Waals surface area (Å²) in [7, 11) is 1.74. The normalized spacial score (nSPS) is 14.4. The summed E-state index contributed by atoms with van der Waals surface area (Å²) < 4.78 is 13.2. The number of nitrogens with zero attached hydrogens (tertiary/aromatic N) is 2. The van der Waals surface area contributed by atoms with Gasteiger partial charge in [0.2, 0.25) is 5.91 Å². The molecule has 0 saturated carbocycles. The molecule has 0 radical (unpaired) electrons. The third kappa shape index (κ3) is 5.79. The Balaban J connectivity index is 1.52. The summed E-state index contributed by atoms with van der Waals surface area (Å²) >= 11 is 0. The topological polar surface area (TPSA) is 56.7 Å². The zero-order valence-corrected chi connectivity index (χ0v) is 17.2. The van der Waals surface area contributed by atoms with E-state index >= 15 is 0 Å². The second kappa shape index (κ2) is 10.0. The van der Waals surface area contributed by atoms with Crippen molar-refractivity contribution >= 4 is 11.9 Å². The first-order chi connectivity index (χ1) is 14.1. The van der Waals surface area contributed by atoms with E-state index in [4.69, 9.17) is 0 Å². The van der Waals surface area contributed by atoms with Crippen molar-refractivity contribution in [3.05, 3.63) is 70.5 Å². The largest absolute Gasteiger partial charge is 0.356 e. The van der Waals surface area contributed by atoms with Gasteiger partial charge in [-0.05, 0) is 54.2 Å². The van der Waals surface area contributed by atoms with E-state index in [2.05, 4.69) is 27.8 Å². The van der Waals surface area contributed by atoms with Crippen molar-refractivity contribution in [2.75, 3.05) is 20.1 Å². The van der Waals surface area contributed by atoms with Gasteiger partial charge >= 0.3 is 0 Å². The summed E-state index contributed by atoms with van der Waals surface area (Å²) in [4.78, 5) is 18.2. The van der Waals surface area contributed by atoms with Crippen LogP contribution in [0, 0.1) is 12.7 Å². The lowest BCUT2D eigenvalue weighted by Crippen LogP contribution is -2.38. The molecule has 0 atom stereocenters. The first-order valence-corrected chi connectivity index (χ1v) is 10.1. The highest BCUT2D eigenvalue weighted by molar-refractivity contribution is 5.79. The van der Waals surface area contributed by atoms with Crippen LogP contribution in [0.3, 0.4) is 0 Å². The molecule has 3 rings (SSSR count). The molecule has 1 saturated heterocycles. The molecule has 29 heavy (non-hydrogen) atoms. The van der Waals surface area contributed by atoms with Crippen LogP contribution in [0.2, 0.25) is 0 Å². The van der Waals surface area contributed by atoms with Gasteiger partial charge in [-0.1, -0.05) is 30.3 Å². The number of benzene rings is 2. The summed E-state index contributed by atoms with van der Waals surface area (Å²) in [6, 6.07) is 13.1. The van der Waals surface area contributed by atoms with Crippen LogP contribution in [0.1, 0.15) is 35.1 Å². The fraction of sp³-hybridized carbons (Fsp3) is 0.391. The Morgan fingerprint density at radius 2 is 1.93 bits per heavy atom. The van der Waals surface area contributed by atoms with Crippen molar-refractivity contribution in [2.45, 2.75) is 39.3 Å². The Morgan fingerprint density at radius 3 is 2.62 bits per heavy atom. The average molecular weight is 397 g/mol. The van der Waals surface area contributed by atoms with E-state index in [1.807, 2.05) is 30.0 Å². The van der Waals surface area contributed by atoms with Crippen LogP contribution in [0.25, 0.3) is 0 Å². The number of aryl methyl sites for hydroxylation is 1. The molecule has 1 heterocycles. The Hall–Kier alpha value is -2.89. The number of hydrogen-bond donors (Lipinski definition) is 2. The SMILES string of the molecule is CN=C(NCCc1ccc(F)cc1C)NCc1ccccc1CN1CCCC1=O. The van der Waals surface area contributed by atoms with Crippen molar-refractivity contribution in [1.82, 2.24) is 15.5 Å². The van der Waals surface area contributed by atoms with Gasteiger partial charge in [0.05, 0.1) is 0 Å². The fourth-order valence-corrected chi connectivity index (χ4v) is 3.62. The first-order valence-electron chi connectivity index (χ1n) is 10.1. The first kappa shape index (κ1) is 20.8. The molecule has 6 heteroatoms. The van der Waals surface area contributed by atoms with Gasteiger partial charge in [0.1, 0.15) is 5.82 Å². The minimum Gasteiger partial charge on any atom is -0.356 e. The molecule has 2 aromatic carbocycles. The monoisotopic (exact) mass is 396 g/mol. The number of aliphatic imine (C=N–C) groups is 1. The molecule has 0 unspecified atom stereocenters. The highest BCUT2D eigenvalue weighted by Gasteiger charge is 2.20. The number of carbonyl (C=O) groups is 1. The molecule has 1 aliphatic rings. The second-order valence-corrected chi connectivity index (χ2v) is 7.36. The van der Waals surface area contributed by atoms with E-state index in [9.17, 15) is 9.18 Å². The van der Waals surface area contributed by atoms with Gasteiger partial charge in [0.25, 0.3) is 0 Å². The van der Waals surface area contributed by atoms with Crippen LogP contribution in [0.4, 0.5) is 4.39 Å². The lowest BCUT2D eigenvalue weighted by atomic mass is 10.1. The third-order valence-corrected chi connectivity index (χ3v) is 5.31. The van der Waals surface area contributed by atoms with Crippen molar-refractivity contribution in [1.29, 1.82) is 0 Å². The molecule has 2 aromatic rings. The average Bonchev–Trinajstić information content (AvgIpc) is 3.11. The van der Waals surface area contributed by atoms with Gasteiger partial charge < -0.3 is 15.5 Å². The van der Waals surface area contributed by atoms with E-state index < -0.39 is 0 Å². The van der Waals surface area contributed by atoms with Crippen LogP contribution in [0.15, 0.2) is 47.5 Å². The van der Waals surface area contributed by atoms with E-state index in [0.29, 0.717) is 26.1 Å². The molecule has 0 bridgehead atoms. The predicted octanol–water partition coefficient (Wildman–Crippen LogP) is 3.16. The molecule has 1 aliphatic heterocycles. The summed E-state index contributed by atoms with van der Waals surface area (Å²) in [5.41, 5.74) is 4.40. The van der Waals surface area contributed by atoms with E-state index in [0.717, 1.165) is 47.6 Å². The van der Waals surface area contributed by atoms with E-state index in [1.165, 1.54) is 6.07 Å². The maximum Gasteiger partial charge on any atom is 0.222 e. The molecular formula is C23H29FN4O. The molecule has 0 aliphatic carbocycles. The summed E-state index contributed by atoms with van der Waals surface area (Å²) in [5.74, 6) is 0.754. The molecule has 5 nitrogen and oxygen atoms in total. The fourth-order valence-electron chi connectivity index (χ4n) is 3.62. The minimum absolute atomic E-state index is 0.203. The van der Waals surface area contributed by atoms with Gasteiger partial charge in [-0.25, -0.2) is 4.39 Å². The zero-order chi connectivity index (χ0) is 20.6. The van der Waals surface area contributed by atoms with Gasteiger partial charge in [-0.2, -0.15) is 0 Å². The second-order valence-electron chi connectivity index (χ2n) is 7.36. The minimum atomic E-state index is -0.203. The smallest absolute Gasteiger partial charge is 0.222 e. The lowest BCUT2D eigenvalue weighted by Gasteiger charge is -2.19. The Kier molecular flexibility index (Phi) is 7.22. The van der Waals surface area contributed by atoms with Gasteiger partial charge in [-0.3, -0.25) is 9.79 Å². The number of halogens is 1. The summed E-state index contributed by atoms with van der Waals surface area (Å²) in [6.07, 6.45) is 2.40. The van der Waals surface area contributed by atoms with Crippen LogP contribution in [0.5, 0.6) is 0 Å². The number of guanidine groups is 1. The van der Waals surface area contributed by atoms with Crippen LogP contribution in [-0.4, -0.2) is 36.9 Å². The maximum absolute atomic E-state index is 13.2. The number of carbonyl (C=O) groups excluding carboxylic acids is 1. The molecule has 1 fully saturated rings. The summed E-state index contributed by atoms with van der Waals surface area (Å²) in [6.45, 7) is 4.76. The molecule has 2 N–H and O–H groups in total. The Bertz CT molecular complexity index is 881. The Labute approximate surface area is 172 Å². The molecule has 1 amide bonds. The lowest BCUT2D eigenvalue weighted by molar-refractivity contribution is -0.128. The number of rotatable bonds is 7. The van der Waals surface area contributed by atoms with Crippen molar-refractivity contribution in [3.63, 3.8) is 0 Å². The van der Waals surface area contributed by atoms with Gasteiger partial charge in [0.15, 0.2) is 5.96 Å². The van der Waals surface area contributed by atoms with Crippen molar-refractivity contribution in [3.8, 4) is 0 Å². The molecular weight excluding hydrogens is 367 g/mol. The maximum atomic E-state index is 13.2. The predicted molar refractivity (Wildman–Crippen MR) is 114 cm³/mol. The number of amides is 1. The summed E-state index contributed by atoms with van der Waals surface area (Å²) in [5, 5.41) is 6.66. The number of likely N-dealkylation sites (tertiary alicyclic amines) is 1. The van der Waals surface area contributed by atoms with Gasteiger partial charge in [-0.15, -0.1) is 0 Å². The highest BCUT2D eigenvalue weighted by atomic mass is 19.1. The van der Waals surface area contributed by atoms with Crippen LogP contribution >= 0.6 is 0 Å². The quantitative estimate of drug-likeness (QED) is 0.558. The standard InChI is InChI=1S/C23H29FN4O/c1-17-14-21(24)10-9-18(17)11-12-26-23(25-2)27-15-19-6-3-4-7-20(19)16-28-13-5-8-22(28)29/h3-4,6-7,9-10,14H,5,8,11-13,15-16H2,1-2H3,(H2,25,26,27). The number of nitrogens with one attached hydrogen (secondary N) is 2. The van der Waals surface area contributed by atoms with E-state index in [-0.39, 0.29) is 11.7 Å². The van der Waals surface area contributed by atoms with Crippen LogP contribution in [-0.2, 0) is 24.3 Å². The molecule has 154 valence electrons. The molecule has 0 spiro atoms. The third-order valence-electron chi connectivity index (χ3n) is 5.31.